The van der Waals surface area contributed by atoms with E-state index >= 15 is 0 Å². The zero-order chi connectivity index (χ0) is 16.6. The SMILES string of the molecule is COC(=O)c1nnc2c(-c3ccccc3OC)c(C)nn2c1C. The highest BCUT2D eigenvalue weighted by atomic mass is 16.5. The molecule has 0 spiro atoms. The second-order valence-electron chi connectivity index (χ2n) is 5.02. The Kier molecular flexibility index (Phi) is 3.69. The Bertz CT molecular complexity index is 902. The van der Waals surface area contributed by atoms with Crippen LogP contribution in [-0.2, 0) is 4.74 Å². The molecule has 0 aliphatic rings. The summed E-state index contributed by atoms with van der Waals surface area (Å²) in [6.07, 6.45) is 0. The van der Waals surface area contributed by atoms with Gasteiger partial charge < -0.3 is 9.47 Å². The fraction of sp³-hybridized carbons (Fsp3) is 0.250. The standard InChI is InChI=1S/C16H16N4O3/c1-9-13(11-7-5-6-8-12(11)22-3)15-18-17-14(16(21)23-4)10(2)20(15)19-9/h5-8H,1-4H3. The highest BCUT2D eigenvalue weighted by molar-refractivity contribution is 5.89. The lowest BCUT2D eigenvalue weighted by molar-refractivity contribution is 0.0590. The number of carbonyl (C=O) groups excluding carboxylic acids is 1. The Hall–Kier alpha value is -2.96. The number of hydrogen-bond acceptors (Lipinski definition) is 6. The van der Waals surface area contributed by atoms with Crippen LogP contribution in [0.2, 0.25) is 0 Å². The van der Waals surface area contributed by atoms with Crippen LogP contribution >= 0.6 is 0 Å². The lowest BCUT2D eigenvalue weighted by Gasteiger charge is -2.08. The third kappa shape index (κ3) is 2.30. The van der Waals surface area contributed by atoms with E-state index in [0.29, 0.717) is 11.3 Å². The monoisotopic (exact) mass is 312 g/mol. The van der Waals surface area contributed by atoms with Crippen LogP contribution in [0.5, 0.6) is 5.75 Å². The van der Waals surface area contributed by atoms with Crippen molar-refractivity contribution in [2.24, 2.45) is 0 Å². The van der Waals surface area contributed by atoms with E-state index in [0.717, 1.165) is 22.6 Å². The molecule has 0 unspecified atom stereocenters. The van der Waals surface area contributed by atoms with E-state index in [1.54, 1.807) is 18.5 Å². The lowest BCUT2D eigenvalue weighted by Crippen LogP contribution is -2.12. The maximum Gasteiger partial charge on any atom is 0.360 e. The fourth-order valence-corrected chi connectivity index (χ4v) is 2.56. The Morgan fingerprint density at radius 2 is 1.87 bits per heavy atom. The van der Waals surface area contributed by atoms with Crippen molar-refractivity contribution < 1.29 is 14.3 Å². The molecular weight excluding hydrogens is 296 g/mol. The van der Waals surface area contributed by atoms with Gasteiger partial charge in [0.25, 0.3) is 0 Å². The highest BCUT2D eigenvalue weighted by Gasteiger charge is 2.21. The van der Waals surface area contributed by atoms with E-state index in [-0.39, 0.29) is 5.69 Å². The first-order chi connectivity index (χ1) is 11.1. The number of nitrogens with zero attached hydrogens (tertiary/aromatic N) is 4. The van der Waals surface area contributed by atoms with Crippen LogP contribution in [0.25, 0.3) is 16.8 Å². The number of para-hydroxylation sites is 1. The summed E-state index contributed by atoms with van der Waals surface area (Å²) in [4.78, 5) is 11.8. The van der Waals surface area contributed by atoms with Crippen LogP contribution in [-0.4, -0.2) is 40.0 Å². The van der Waals surface area contributed by atoms with E-state index in [1.807, 2.05) is 31.2 Å². The van der Waals surface area contributed by atoms with Gasteiger partial charge in [-0.15, -0.1) is 10.2 Å². The van der Waals surface area contributed by atoms with Crippen LogP contribution < -0.4 is 4.74 Å². The van der Waals surface area contributed by atoms with Crippen molar-refractivity contribution in [1.82, 2.24) is 19.8 Å². The molecular formula is C16H16N4O3. The maximum absolute atomic E-state index is 11.8. The minimum atomic E-state index is -0.538. The van der Waals surface area contributed by atoms with Crippen molar-refractivity contribution >= 4 is 11.6 Å². The Labute approximate surface area is 132 Å². The average molecular weight is 312 g/mol. The molecule has 0 aliphatic carbocycles. The zero-order valence-corrected chi connectivity index (χ0v) is 13.3. The van der Waals surface area contributed by atoms with E-state index < -0.39 is 5.97 Å². The molecule has 0 fully saturated rings. The minimum Gasteiger partial charge on any atom is -0.496 e. The first kappa shape index (κ1) is 15.0. The summed E-state index contributed by atoms with van der Waals surface area (Å²) < 4.78 is 11.8. The third-order valence-corrected chi connectivity index (χ3v) is 3.70. The molecule has 7 heteroatoms. The van der Waals surface area contributed by atoms with Crippen molar-refractivity contribution in [3.8, 4) is 16.9 Å². The van der Waals surface area contributed by atoms with Crippen molar-refractivity contribution in [2.45, 2.75) is 13.8 Å². The molecule has 0 saturated heterocycles. The van der Waals surface area contributed by atoms with E-state index in [9.17, 15) is 4.79 Å². The largest absolute Gasteiger partial charge is 0.496 e. The molecule has 1 aromatic carbocycles. The number of hydrogen-bond donors (Lipinski definition) is 0. The summed E-state index contributed by atoms with van der Waals surface area (Å²) in [6, 6.07) is 7.63. The molecule has 0 radical (unpaired) electrons. The first-order valence-electron chi connectivity index (χ1n) is 7.02. The van der Waals surface area contributed by atoms with Gasteiger partial charge in [-0.05, 0) is 19.9 Å². The molecule has 0 bridgehead atoms. The van der Waals surface area contributed by atoms with Gasteiger partial charge in [0.15, 0.2) is 11.3 Å². The zero-order valence-electron chi connectivity index (χ0n) is 13.3. The second kappa shape index (κ2) is 5.68. The Morgan fingerprint density at radius 3 is 2.57 bits per heavy atom. The molecule has 0 N–H and O–H groups in total. The minimum absolute atomic E-state index is 0.147. The topological polar surface area (TPSA) is 78.6 Å². The molecule has 118 valence electrons. The van der Waals surface area contributed by atoms with Crippen molar-refractivity contribution in [3.05, 3.63) is 41.3 Å². The second-order valence-corrected chi connectivity index (χ2v) is 5.02. The molecule has 2 heterocycles. The summed E-state index contributed by atoms with van der Waals surface area (Å²) >= 11 is 0. The number of benzene rings is 1. The number of esters is 1. The van der Waals surface area contributed by atoms with Crippen LogP contribution in [0.15, 0.2) is 24.3 Å². The van der Waals surface area contributed by atoms with E-state index in [1.165, 1.54) is 7.11 Å². The summed E-state index contributed by atoms with van der Waals surface area (Å²) in [7, 11) is 2.93. The predicted molar refractivity (Wildman–Crippen MR) is 83.6 cm³/mol. The summed E-state index contributed by atoms with van der Waals surface area (Å²) in [5.41, 5.74) is 3.77. The Balaban J connectivity index is 2.30. The molecule has 2 aromatic heterocycles. The molecule has 23 heavy (non-hydrogen) atoms. The lowest BCUT2D eigenvalue weighted by atomic mass is 10.1. The number of rotatable bonds is 3. The van der Waals surface area contributed by atoms with Gasteiger partial charge in [0.05, 0.1) is 31.2 Å². The first-order valence-corrected chi connectivity index (χ1v) is 7.02. The average Bonchev–Trinajstić information content (AvgIpc) is 2.91. The normalized spacial score (nSPS) is 10.8. The molecule has 0 atom stereocenters. The van der Waals surface area contributed by atoms with Gasteiger partial charge in [-0.25, -0.2) is 9.31 Å². The molecule has 0 amide bonds. The number of aryl methyl sites for hydroxylation is 2. The smallest absolute Gasteiger partial charge is 0.360 e. The predicted octanol–water partition coefficient (Wildman–Crippen LogP) is 2.20. The Morgan fingerprint density at radius 1 is 1.13 bits per heavy atom. The van der Waals surface area contributed by atoms with Crippen LogP contribution in [0, 0.1) is 13.8 Å². The molecule has 3 aromatic rings. The number of ether oxygens (including phenoxy) is 2. The summed E-state index contributed by atoms with van der Waals surface area (Å²) in [5.74, 6) is 0.186. The quantitative estimate of drug-likeness (QED) is 0.690. The summed E-state index contributed by atoms with van der Waals surface area (Å²) in [6.45, 7) is 3.64. The van der Waals surface area contributed by atoms with E-state index in [2.05, 4.69) is 15.3 Å². The highest BCUT2D eigenvalue weighted by Crippen LogP contribution is 2.34. The van der Waals surface area contributed by atoms with Crippen molar-refractivity contribution in [2.75, 3.05) is 14.2 Å². The number of aromatic nitrogens is 4. The van der Waals surface area contributed by atoms with Gasteiger partial charge in [-0.1, -0.05) is 18.2 Å². The van der Waals surface area contributed by atoms with Crippen LogP contribution in [0.4, 0.5) is 0 Å². The number of fused-ring (bicyclic) bond motifs is 1. The maximum atomic E-state index is 11.8. The van der Waals surface area contributed by atoms with Crippen molar-refractivity contribution in [3.63, 3.8) is 0 Å². The van der Waals surface area contributed by atoms with Gasteiger partial charge in [-0.2, -0.15) is 5.10 Å². The molecule has 0 saturated carbocycles. The van der Waals surface area contributed by atoms with Crippen LogP contribution in [0.3, 0.4) is 0 Å². The summed E-state index contributed by atoms with van der Waals surface area (Å²) in [5, 5.41) is 12.7. The number of carbonyl (C=O) groups is 1. The van der Waals surface area contributed by atoms with Gasteiger partial charge >= 0.3 is 5.97 Å². The number of methoxy groups -OCH3 is 2. The van der Waals surface area contributed by atoms with E-state index in [4.69, 9.17) is 9.47 Å². The van der Waals surface area contributed by atoms with Crippen molar-refractivity contribution in [1.29, 1.82) is 0 Å². The molecule has 7 nitrogen and oxygen atoms in total. The van der Waals surface area contributed by atoms with Gasteiger partial charge in [-0.3, -0.25) is 0 Å². The molecule has 3 rings (SSSR count). The van der Waals surface area contributed by atoms with Crippen LogP contribution in [0.1, 0.15) is 21.9 Å². The third-order valence-electron chi connectivity index (χ3n) is 3.70. The van der Waals surface area contributed by atoms with Gasteiger partial charge in [0.1, 0.15) is 5.75 Å². The molecule has 0 aliphatic heterocycles. The fourth-order valence-electron chi connectivity index (χ4n) is 2.56. The van der Waals surface area contributed by atoms with Gasteiger partial charge in [0, 0.05) is 5.56 Å². The van der Waals surface area contributed by atoms with Gasteiger partial charge in [0.2, 0.25) is 0 Å².